The van der Waals surface area contributed by atoms with E-state index in [1.807, 2.05) is 36.4 Å². The molecule has 27 heavy (non-hydrogen) atoms. The first kappa shape index (κ1) is 16.5. The summed E-state index contributed by atoms with van der Waals surface area (Å²) in [7, 11) is 0. The highest BCUT2D eigenvalue weighted by Crippen LogP contribution is 2.40. The summed E-state index contributed by atoms with van der Waals surface area (Å²) in [4.78, 5) is 26.8. The maximum absolute atomic E-state index is 12.9. The molecule has 140 valence electrons. The van der Waals surface area contributed by atoms with Gasteiger partial charge in [-0.1, -0.05) is 30.3 Å². The Morgan fingerprint density at radius 2 is 2.07 bits per heavy atom. The maximum atomic E-state index is 12.9. The van der Waals surface area contributed by atoms with Crippen LogP contribution >= 0.6 is 0 Å². The zero-order valence-corrected chi connectivity index (χ0v) is 15.0. The molecule has 5 rings (SSSR count). The van der Waals surface area contributed by atoms with Gasteiger partial charge in [-0.25, -0.2) is 0 Å². The van der Waals surface area contributed by atoms with Gasteiger partial charge >= 0.3 is 0 Å². The van der Waals surface area contributed by atoms with E-state index >= 15 is 0 Å². The number of aromatic nitrogens is 2. The molecule has 0 spiro atoms. The van der Waals surface area contributed by atoms with E-state index in [4.69, 9.17) is 4.74 Å². The van der Waals surface area contributed by atoms with E-state index < -0.39 is 5.54 Å². The van der Waals surface area contributed by atoms with E-state index in [2.05, 4.69) is 15.5 Å². The molecule has 2 atom stereocenters. The average molecular weight is 366 g/mol. The van der Waals surface area contributed by atoms with Crippen LogP contribution < -0.4 is 5.32 Å². The average Bonchev–Trinajstić information content (AvgIpc) is 3.44. The minimum absolute atomic E-state index is 0.0233. The molecular formula is C20H22N4O3. The number of rotatable bonds is 3. The fourth-order valence-corrected chi connectivity index (χ4v) is 4.25. The smallest absolute Gasteiger partial charge is 0.274 e. The molecule has 0 unspecified atom stereocenters. The lowest BCUT2D eigenvalue weighted by molar-refractivity contribution is -0.150. The summed E-state index contributed by atoms with van der Waals surface area (Å²) in [5, 5.41) is 10.4. The summed E-state index contributed by atoms with van der Waals surface area (Å²) in [5.41, 5.74) is 1.95. The number of likely N-dealkylation sites (tertiary alicyclic amines) is 1. The minimum atomic E-state index is -0.585. The van der Waals surface area contributed by atoms with E-state index in [1.165, 1.54) is 0 Å². The van der Waals surface area contributed by atoms with Gasteiger partial charge in [0.2, 0.25) is 5.91 Å². The number of H-pyrrole nitrogens is 1. The van der Waals surface area contributed by atoms with Gasteiger partial charge < -0.3 is 15.0 Å². The summed E-state index contributed by atoms with van der Waals surface area (Å²) in [6.45, 7) is 0.995. The van der Waals surface area contributed by atoms with E-state index in [0.29, 0.717) is 31.1 Å². The third-order valence-corrected chi connectivity index (χ3v) is 5.90. The highest BCUT2D eigenvalue weighted by Gasteiger charge is 2.50. The fraction of sp³-hybridized carbons (Fsp3) is 0.450. The van der Waals surface area contributed by atoms with Crippen molar-refractivity contribution in [3.05, 3.63) is 53.3 Å². The molecule has 3 heterocycles. The molecule has 7 heteroatoms. The van der Waals surface area contributed by atoms with Gasteiger partial charge in [-0.15, -0.1) is 0 Å². The molecule has 0 bridgehead atoms. The second-order valence-corrected chi connectivity index (χ2v) is 7.67. The zero-order chi connectivity index (χ0) is 18.4. The number of nitrogens with zero attached hydrogens (tertiary/aromatic N) is 2. The molecule has 2 N–H and O–H groups in total. The summed E-state index contributed by atoms with van der Waals surface area (Å²) < 4.78 is 5.89. The van der Waals surface area contributed by atoms with E-state index in [0.717, 1.165) is 24.1 Å². The topological polar surface area (TPSA) is 87.3 Å². The number of piperidine rings is 1. The van der Waals surface area contributed by atoms with E-state index in [1.54, 1.807) is 4.90 Å². The Bertz CT molecular complexity index is 876. The van der Waals surface area contributed by atoms with Crippen molar-refractivity contribution in [1.82, 2.24) is 20.4 Å². The second kappa shape index (κ2) is 6.20. The number of hydrogen-bond donors (Lipinski definition) is 2. The summed E-state index contributed by atoms with van der Waals surface area (Å²) in [6.07, 6.45) is 2.65. The van der Waals surface area contributed by atoms with Crippen LogP contribution in [-0.4, -0.2) is 52.7 Å². The first-order valence-electron chi connectivity index (χ1n) is 9.48. The van der Waals surface area contributed by atoms with Gasteiger partial charge in [0.25, 0.3) is 5.91 Å². The van der Waals surface area contributed by atoms with Crippen LogP contribution in [0.3, 0.4) is 0 Å². The molecule has 0 radical (unpaired) electrons. The largest absolute Gasteiger partial charge is 0.364 e. The molecule has 1 aliphatic carbocycles. The van der Waals surface area contributed by atoms with Gasteiger partial charge in [-0.2, -0.15) is 5.10 Å². The monoisotopic (exact) mass is 366 g/mol. The number of aromatic amines is 1. The molecule has 3 fully saturated rings. The number of morpholine rings is 1. The molecule has 2 amide bonds. The Morgan fingerprint density at radius 3 is 2.85 bits per heavy atom. The zero-order valence-electron chi connectivity index (χ0n) is 15.0. The molecule has 7 nitrogen and oxygen atoms in total. The second-order valence-electron chi connectivity index (χ2n) is 7.67. The van der Waals surface area contributed by atoms with Crippen molar-refractivity contribution in [2.75, 3.05) is 19.7 Å². The van der Waals surface area contributed by atoms with Crippen LogP contribution in [-0.2, 0) is 15.1 Å². The van der Waals surface area contributed by atoms with Crippen LogP contribution in [0.1, 0.15) is 46.9 Å². The Kier molecular flexibility index (Phi) is 3.79. The van der Waals surface area contributed by atoms with Crippen LogP contribution in [0.2, 0.25) is 0 Å². The Hall–Kier alpha value is -2.67. The standard InChI is InChI=1S/C20H22N4O3/c25-18-12-27-17-11-24(19(26)16-10-15(22-23-16)13-6-7-13)9-8-20(17,21-18)14-4-2-1-3-5-14/h1-5,10,13,17H,6-9,11-12H2,(H,21,25)(H,22,23)/t17-,20+/m1/s1. The van der Waals surface area contributed by atoms with Gasteiger partial charge in [0.15, 0.2) is 0 Å². The van der Waals surface area contributed by atoms with E-state index in [9.17, 15) is 9.59 Å². The number of benzene rings is 1. The molecule has 1 saturated carbocycles. The van der Waals surface area contributed by atoms with Crippen LogP contribution in [0, 0.1) is 0 Å². The van der Waals surface area contributed by atoms with Gasteiger partial charge in [0, 0.05) is 24.7 Å². The lowest BCUT2D eigenvalue weighted by Crippen LogP contribution is -2.67. The Labute approximate surface area is 157 Å². The minimum Gasteiger partial charge on any atom is -0.364 e. The maximum Gasteiger partial charge on any atom is 0.274 e. The molecule has 1 aromatic carbocycles. The number of hydrogen-bond acceptors (Lipinski definition) is 4. The van der Waals surface area contributed by atoms with E-state index in [-0.39, 0.29) is 24.5 Å². The third-order valence-electron chi connectivity index (χ3n) is 5.90. The fourth-order valence-electron chi connectivity index (χ4n) is 4.25. The van der Waals surface area contributed by atoms with Crippen LogP contribution in [0.4, 0.5) is 0 Å². The highest BCUT2D eigenvalue weighted by atomic mass is 16.5. The molecular weight excluding hydrogens is 344 g/mol. The normalized spacial score (nSPS) is 27.8. The number of nitrogens with one attached hydrogen (secondary N) is 2. The summed E-state index contributed by atoms with van der Waals surface area (Å²) >= 11 is 0. The quantitative estimate of drug-likeness (QED) is 0.863. The van der Waals surface area contributed by atoms with Gasteiger partial charge in [-0.05, 0) is 30.9 Å². The van der Waals surface area contributed by atoms with Crippen molar-refractivity contribution in [3.8, 4) is 0 Å². The number of ether oxygens (including phenoxy) is 1. The van der Waals surface area contributed by atoms with Crippen molar-refractivity contribution in [3.63, 3.8) is 0 Å². The van der Waals surface area contributed by atoms with Crippen LogP contribution in [0.15, 0.2) is 36.4 Å². The SMILES string of the molecule is O=C1CO[C@@H]2CN(C(=O)c3cc(C4CC4)[nH]n3)CC[C@@]2(c2ccccc2)N1. The molecule has 1 aromatic heterocycles. The van der Waals surface area contributed by atoms with Crippen LogP contribution in [0.25, 0.3) is 0 Å². The number of amides is 2. The summed E-state index contributed by atoms with van der Waals surface area (Å²) in [5.74, 6) is 0.333. The predicted molar refractivity (Wildman–Crippen MR) is 97.1 cm³/mol. The number of carbonyl (C=O) groups excluding carboxylic acids is 2. The number of fused-ring (bicyclic) bond motifs is 1. The van der Waals surface area contributed by atoms with Crippen molar-refractivity contribution in [2.24, 2.45) is 0 Å². The lowest BCUT2D eigenvalue weighted by Gasteiger charge is -2.50. The van der Waals surface area contributed by atoms with Gasteiger partial charge in [0.05, 0.1) is 5.54 Å². The Balaban J connectivity index is 1.39. The lowest BCUT2D eigenvalue weighted by atomic mass is 9.77. The molecule has 2 aromatic rings. The third kappa shape index (κ3) is 2.82. The molecule has 2 aliphatic heterocycles. The predicted octanol–water partition coefficient (Wildman–Crippen LogP) is 1.54. The van der Waals surface area contributed by atoms with Crippen molar-refractivity contribution < 1.29 is 14.3 Å². The first-order valence-corrected chi connectivity index (χ1v) is 9.48. The summed E-state index contributed by atoms with van der Waals surface area (Å²) in [6, 6.07) is 11.8. The van der Waals surface area contributed by atoms with Crippen molar-refractivity contribution in [1.29, 1.82) is 0 Å². The highest BCUT2D eigenvalue weighted by molar-refractivity contribution is 5.92. The molecule has 2 saturated heterocycles. The Morgan fingerprint density at radius 1 is 1.26 bits per heavy atom. The van der Waals surface area contributed by atoms with Gasteiger partial charge in [0.1, 0.15) is 18.4 Å². The van der Waals surface area contributed by atoms with Gasteiger partial charge in [-0.3, -0.25) is 14.7 Å². The first-order chi connectivity index (χ1) is 13.2. The van der Waals surface area contributed by atoms with Crippen molar-refractivity contribution in [2.45, 2.75) is 36.8 Å². The number of carbonyl (C=O) groups is 2. The molecule has 3 aliphatic rings. The van der Waals surface area contributed by atoms with Crippen LogP contribution in [0.5, 0.6) is 0 Å². The van der Waals surface area contributed by atoms with Crippen molar-refractivity contribution >= 4 is 11.8 Å².